The van der Waals surface area contributed by atoms with Crippen molar-refractivity contribution >= 4 is 62.2 Å². The minimum atomic E-state index is -3.61. The molecule has 0 fully saturated rings. The molecular formula is C17H15Cl2N3O3S2. The highest BCUT2D eigenvalue weighted by atomic mass is 35.5. The largest absolute Gasteiger partial charge is 0.332 e. The molecular weight excluding hydrogens is 429 g/mol. The fourth-order valence-corrected chi connectivity index (χ4v) is 3.73. The summed E-state index contributed by atoms with van der Waals surface area (Å²) in [7, 11) is -3.61. The molecule has 0 aliphatic rings. The number of benzene rings is 2. The van der Waals surface area contributed by atoms with Crippen molar-refractivity contribution in [2.75, 3.05) is 11.9 Å². The molecule has 27 heavy (non-hydrogen) atoms. The van der Waals surface area contributed by atoms with E-state index < -0.39 is 15.9 Å². The van der Waals surface area contributed by atoms with Crippen LogP contribution in [-0.2, 0) is 10.0 Å². The summed E-state index contributed by atoms with van der Waals surface area (Å²) in [6.45, 7) is 3.59. The molecule has 0 aliphatic heterocycles. The van der Waals surface area contributed by atoms with E-state index in [0.29, 0.717) is 15.7 Å². The summed E-state index contributed by atoms with van der Waals surface area (Å²) in [6.07, 6.45) is 1.45. The zero-order chi connectivity index (χ0) is 20.0. The molecule has 0 aromatic heterocycles. The first kappa shape index (κ1) is 21.3. The summed E-state index contributed by atoms with van der Waals surface area (Å²) < 4.78 is 26.4. The highest BCUT2D eigenvalue weighted by Gasteiger charge is 2.13. The topological polar surface area (TPSA) is 87.3 Å². The van der Waals surface area contributed by atoms with Crippen LogP contribution in [0.1, 0.15) is 10.4 Å². The van der Waals surface area contributed by atoms with Crippen LogP contribution in [0.2, 0.25) is 10.0 Å². The molecule has 1 amide bonds. The van der Waals surface area contributed by atoms with Crippen LogP contribution in [-0.4, -0.2) is 26.0 Å². The van der Waals surface area contributed by atoms with Gasteiger partial charge in [-0.3, -0.25) is 10.1 Å². The van der Waals surface area contributed by atoms with E-state index in [0.717, 1.165) is 0 Å². The Labute approximate surface area is 172 Å². The van der Waals surface area contributed by atoms with E-state index in [2.05, 4.69) is 21.9 Å². The van der Waals surface area contributed by atoms with E-state index in [1.807, 2.05) is 0 Å². The van der Waals surface area contributed by atoms with Crippen LogP contribution < -0.4 is 15.4 Å². The highest BCUT2D eigenvalue weighted by molar-refractivity contribution is 7.89. The van der Waals surface area contributed by atoms with E-state index in [-0.39, 0.29) is 22.1 Å². The number of hydrogen-bond donors (Lipinski definition) is 3. The fraction of sp³-hybridized carbons (Fsp3) is 0.0588. The third-order valence-corrected chi connectivity index (χ3v) is 5.27. The van der Waals surface area contributed by atoms with Gasteiger partial charge in [-0.05, 0) is 54.7 Å². The standard InChI is InChI=1S/C17H15Cl2N3O3S2/c1-2-7-20-27(24,25)15-5-3-14(4-6-15)21-17(26)22-16(23)11-8-12(18)10-13(19)9-11/h2-6,8-10,20H,1,7H2,(H2,21,22,23,26). The average Bonchev–Trinajstić information content (AvgIpc) is 2.59. The molecule has 6 nitrogen and oxygen atoms in total. The van der Waals surface area contributed by atoms with Crippen molar-refractivity contribution in [3.8, 4) is 0 Å². The predicted molar refractivity (Wildman–Crippen MR) is 112 cm³/mol. The number of carbonyl (C=O) groups excluding carboxylic acids is 1. The van der Waals surface area contributed by atoms with Gasteiger partial charge in [0.25, 0.3) is 5.91 Å². The average molecular weight is 444 g/mol. The summed E-state index contributed by atoms with van der Waals surface area (Å²) in [5.74, 6) is -0.482. The zero-order valence-electron chi connectivity index (χ0n) is 13.8. The lowest BCUT2D eigenvalue weighted by Crippen LogP contribution is -2.34. The Bertz CT molecular complexity index is 957. The first-order valence-electron chi connectivity index (χ1n) is 7.50. The van der Waals surface area contributed by atoms with Crippen LogP contribution in [0.4, 0.5) is 5.69 Å². The van der Waals surface area contributed by atoms with E-state index in [9.17, 15) is 13.2 Å². The Balaban J connectivity index is 2.01. The quantitative estimate of drug-likeness (QED) is 0.468. The SMILES string of the molecule is C=CCNS(=O)(=O)c1ccc(NC(=S)NC(=O)c2cc(Cl)cc(Cl)c2)cc1. The van der Waals surface area contributed by atoms with Crippen LogP contribution in [0.3, 0.4) is 0 Å². The summed E-state index contributed by atoms with van der Waals surface area (Å²) in [5, 5.41) is 5.98. The van der Waals surface area contributed by atoms with Crippen LogP contribution in [0.5, 0.6) is 0 Å². The van der Waals surface area contributed by atoms with Gasteiger partial charge in [0.05, 0.1) is 4.90 Å². The summed E-state index contributed by atoms with van der Waals surface area (Å²) >= 11 is 16.8. The van der Waals surface area contributed by atoms with E-state index >= 15 is 0 Å². The smallest absolute Gasteiger partial charge is 0.257 e. The summed E-state index contributed by atoms with van der Waals surface area (Å²) in [4.78, 5) is 12.3. The fourth-order valence-electron chi connectivity index (χ4n) is 1.99. The van der Waals surface area contributed by atoms with Gasteiger partial charge in [-0.2, -0.15) is 0 Å². The molecule has 3 N–H and O–H groups in total. The number of sulfonamides is 1. The van der Waals surface area contributed by atoms with Crippen molar-refractivity contribution in [2.45, 2.75) is 4.90 Å². The van der Waals surface area contributed by atoms with Crippen molar-refractivity contribution in [1.29, 1.82) is 0 Å². The molecule has 0 radical (unpaired) electrons. The Kier molecular flexibility index (Phi) is 7.34. The number of halogens is 2. The van der Waals surface area contributed by atoms with Gasteiger partial charge in [0.1, 0.15) is 0 Å². The molecule has 0 atom stereocenters. The summed E-state index contributed by atoms with van der Waals surface area (Å²) in [5.41, 5.74) is 0.762. The number of nitrogens with one attached hydrogen (secondary N) is 3. The number of hydrogen-bond acceptors (Lipinski definition) is 4. The zero-order valence-corrected chi connectivity index (χ0v) is 17.0. The van der Waals surface area contributed by atoms with Crippen LogP contribution in [0.15, 0.2) is 60.0 Å². The van der Waals surface area contributed by atoms with Crippen LogP contribution in [0, 0.1) is 0 Å². The highest BCUT2D eigenvalue weighted by Crippen LogP contribution is 2.19. The Morgan fingerprint density at radius 2 is 1.70 bits per heavy atom. The number of anilines is 1. The first-order valence-corrected chi connectivity index (χ1v) is 10.1. The Morgan fingerprint density at radius 1 is 1.11 bits per heavy atom. The van der Waals surface area contributed by atoms with Gasteiger partial charge in [0.15, 0.2) is 5.11 Å². The lowest BCUT2D eigenvalue weighted by molar-refractivity contribution is 0.0977. The molecule has 0 heterocycles. The summed E-state index contributed by atoms with van der Waals surface area (Å²) in [6, 6.07) is 10.3. The monoisotopic (exact) mass is 443 g/mol. The second-order valence-electron chi connectivity index (χ2n) is 5.23. The molecule has 0 unspecified atom stereocenters. The van der Waals surface area contributed by atoms with Crippen LogP contribution >= 0.6 is 35.4 Å². The van der Waals surface area contributed by atoms with Crippen LogP contribution in [0.25, 0.3) is 0 Å². The van der Waals surface area contributed by atoms with Crippen molar-refractivity contribution < 1.29 is 13.2 Å². The Morgan fingerprint density at radius 3 is 2.26 bits per heavy atom. The minimum Gasteiger partial charge on any atom is -0.332 e. The van der Waals surface area contributed by atoms with E-state index in [1.54, 1.807) is 0 Å². The molecule has 0 aliphatic carbocycles. The molecule has 0 saturated carbocycles. The lowest BCUT2D eigenvalue weighted by Gasteiger charge is -2.11. The van der Waals surface area contributed by atoms with Crippen molar-refractivity contribution in [3.05, 3.63) is 70.7 Å². The van der Waals surface area contributed by atoms with Gasteiger partial charge in [-0.25, -0.2) is 13.1 Å². The van der Waals surface area contributed by atoms with Crippen molar-refractivity contribution in [3.63, 3.8) is 0 Å². The third kappa shape index (κ3) is 6.30. The molecule has 142 valence electrons. The maximum atomic E-state index is 12.2. The van der Waals surface area contributed by atoms with Gasteiger partial charge in [0, 0.05) is 27.8 Å². The van der Waals surface area contributed by atoms with Gasteiger partial charge < -0.3 is 5.32 Å². The van der Waals surface area contributed by atoms with Crippen molar-refractivity contribution in [1.82, 2.24) is 10.0 Å². The van der Waals surface area contributed by atoms with Crippen molar-refractivity contribution in [2.24, 2.45) is 0 Å². The van der Waals surface area contributed by atoms with E-state index in [4.69, 9.17) is 35.4 Å². The second-order valence-corrected chi connectivity index (χ2v) is 8.28. The van der Waals surface area contributed by atoms with Gasteiger partial charge in [-0.1, -0.05) is 29.3 Å². The normalized spacial score (nSPS) is 10.9. The number of rotatable bonds is 6. The molecule has 10 heteroatoms. The third-order valence-electron chi connectivity index (χ3n) is 3.19. The second kappa shape index (κ2) is 9.29. The number of carbonyl (C=O) groups is 1. The minimum absolute atomic E-state index is 0.0384. The maximum Gasteiger partial charge on any atom is 0.257 e. The first-order chi connectivity index (χ1) is 12.7. The number of amides is 1. The molecule has 2 aromatic carbocycles. The number of thiocarbonyl (C=S) groups is 1. The molecule has 2 aromatic rings. The van der Waals surface area contributed by atoms with Gasteiger partial charge >= 0.3 is 0 Å². The predicted octanol–water partition coefficient (Wildman–Crippen LogP) is 3.58. The van der Waals surface area contributed by atoms with Gasteiger partial charge in [0.2, 0.25) is 10.0 Å². The molecule has 2 rings (SSSR count). The maximum absolute atomic E-state index is 12.2. The van der Waals surface area contributed by atoms with E-state index in [1.165, 1.54) is 48.5 Å². The van der Waals surface area contributed by atoms with Gasteiger partial charge in [-0.15, -0.1) is 6.58 Å². The molecule has 0 bridgehead atoms. The molecule has 0 saturated heterocycles. The Hall–Kier alpha value is -1.97. The molecule has 0 spiro atoms. The lowest BCUT2D eigenvalue weighted by atomic mass is 10.2.